The third-order valence-corrected chi connectivity index (χ3v) is 3.77. The summed E-state index contributed by atoms with van der Waals surface area (Å²) in [6.07, 6.45) is 1.98. The van der Waals surface area contributed by atoms with E-state index in [0.717, 1.165) is 32.7 Å². The number of rotatable bonds is 2. The van der Waals surface area contributed by atoms with Crippen LogP contribution in [-0.4, -0.2) is 19.3 Å². The smallest absolute Gasteiger partial charge is 0.129 e. The molecule has 98 valence electrons. The van der Waals surface area contributed by atoms with Crippen LogP contribution in [0.2, 0.25) is 0 Å². The zero-order valence-electron chi connectivity index (χ0n) is 10.6. The second-order valence-corrected chi connectivity index (χ2v) is 5.59. The zero-order valence-corrected chi connectivity index (χ0v) is 12.9. The summed E-state index contributed by atoms with van der Waals surface area (Å²) >= 11 is 9.49. The van der Waals surface area contributed by atoms with Crippen LogP contribution in [0.25, 0.3) is 16.7 Å². The number of halogens is 2. The van der Waals surface area contributed by atoms with Gasteiger partial charge in [-0.3, -0.25) is 9.25 Å². The molecule has 0 bridgehead atoms. The molecule has 0 saturated heterocycles. The van der Waals surface area contributed by atoms with E-state index < -0.39 is 0 Å². The van der Waals surface area contributed by atoms with Gasteiger partial charge in [-0.05, 0) is 25.1 Å². The molecule has 4 nitrogen and oxygen atoms in total. The summed E-state index contributed by atoms with van der Waals surface area (Å²) in [5, 5.41) is 4.38. The summed E-state index contributed by atoms with van der Waals surface area (Å²) in [7, 11) is 1.91. The predicted octanol–water partition coefficient (Wildman–Crippen LogP) is 3.57. The van der Waals surface area contributed by atoms with Crippen molar-refractivity contribution in [2.75, 3.05) is 0 Å². The third kappa shape index (κ3) is 2.07. The number of fused-ring (bicyclic) bond motifs is 1. The van der Waals surface area contributed by atoms with Crippen molar-refractivity contribution in [2.45, 2.75) is 12.8 Å². The van der Waals surface area contributed by atoms with Gasteiger partial charge in [0, 0.05) is 17.7 Å². The van der Waals surface area contributed by atoms with Crippen molar-refractivity contribution in [3.05, 3.63) is 40.4 Å². The monoisotopic (exact) mass is 338 g/mol. The molecule has 0 unspecified atom stereocenters. The van der Waals surface area contributed by atoms with Crippen molar-refractivity contribution in [3.63, 3.8) is 0 Å². The van der Waals surface area contributed by atoms with Crippen LogP contribution >= 0.6 is 27.5 Å². The highest BCUT2D eigenvalue weighted by Gasteiger charge is 2.15. The van der Waals surface area contributed by atoms with Gasteiger partial charge in [0.2, 0.25) is 0 Å². The summed E-state index contributed by atoms with van der Waals surface area (Å²) in [6, 6.07) is 6.03. The standard InChI is InChI=1S/C13H12BrClN4/c1-8-12(7-18(2)17-8)19-11-4-3-9(14)5-10(11)16-13(19)6-15/h3-5,7H,6H2,1-2H3. The number of nitrogens with zero attached hydrogens (tertiary/aromatic N) is 4. The molecule has 0 aliphatic rings. The van der Waals surface area contributed by atoms with Gasteiger partial charge in [0.25, 0.3) is 0 Å². The lowest BCUT2D eigenvalue weighted by Crippen LogP contribution is -1.99. The minimum atomic E-state index is 0.362. The summed E-state index contributed by atoms with van der Waals surface area (Å²) < 4.78 is 4.87. The van der Waals surface area contributed by atoms with Crippen molar-refractivity contribution in [3.8, 4) is 5.69 Å². The number of benzene rings is 1. The van der Waals surface area contributed by atoms with E-state index in [4.69, 9.17) is 11.6 Å². The quantitative estimate of drug-likeness (QED) is 0.669. The molecular formula is C13H12BrClN4. The lowest BCUT2D eigenvalue weighted by Gasteiger charge is -2.05. The Kier molecular flexibility index (Phi) is 3.11. The number of hydrogen-bond donors (Lipinski definition) is 0. The Morgan fingerprint density at radius 2 is 2.16 bits per heavy atom. The molecule has 0 saturated carbocycles. The molecule has 1 aromatic carbocycles. The second kappa shape index (κ2) is 4.65. The first-order valence-electron chi connectivity index (χ1n) is 5.83. The van der Waals surface area contributed by atoms with Crippen molar-refractivity contribution >= 4 is 38.6 Å². The summed E-state index contributed by atoms with van der Waals surface area (Å²) in [6.45, 7) is 1.98. The molecule has 19 heavy (non-hydrogen) atoms. The molecule has 2 heterocycles. The Labute approximate surface area is 124 Å². The van der Waals surface area contributed by atoms with Crippen molar-refractivity contribution in [2.24, 2.45) is 7.05 Å². The van der Waals surface area contributed by atoms with Gasteiger partial charge in [-0.1, -0.05) is 15.9 Å². The van der Waals surface area contributed by atoms with Crippen LogP contribution in [-0.2, 0) is 12.9 Å². The van der Waals surface area contributed by atoms with Crippen LogP contribution in [0.5, 0.6) is 0 Å². The normalized spacial score (nSPS) is 11.4. The molecule has 0 fully saturated rings. The van der Waals surface area contributed by atoms with Crippen LogP contribution < -0.4 is 0 Å². The van der Waals surface area contributed by atoms with Crippen LogP contribution in [0, 0.1) is 6.92 Å². The first kappa shape index (κ1) is 12.7. The highest BCUT2D eigenvalue weighted by molar-refractivity contribution is 9.10. The number of alkyl halides is 1. The molecule has 0 aliphatic heterocycles. The molecule has 0 spiro atoms. The molecule has 0 aliphatic carbocycles. The third-order valence-electron chi connectivity index (χ3n) is 3.03. The number of aromatic nitrogens is 4. The maximum Gasteiger partial charge on any atom is 0.129 e. The Balaban J connectivity index is 2.35. The molecule has 3 aromatic rings. The van der Waals surface area contributed by atoms with E-state index in [1.807, 2.05) is 38.4 Å². The molecular weight excluding hydrogens is 328 g/mol. The first-order chi connectivity index (χ1) is 9.10. The van der Waals surface area contributed by atoms with E-state index in [9.17, 15) is 0 Å². The summed E-state index contributed by atoms with van der Waals surface area (Å²) in [5.74, 6) is 1.19. The van der Waals surface area contributed by atoms with Gasteiger partial charge in [0.15, 0.2) is 0 Å². The highest BCUT2D eigenvalue weighted by atomic mass is 79.9. The minimum absolute atomic E-state index is 0.362. The Bertz CT molecular complexity index is 759. The van der Waals surface area contributed by atoms with Crippen LogP contribution in [0.15, 0.2) is 28.9 Å². The molecule has 0 atom stereocenters. The van der Waals surface area contributed by atoms with Gasteiger partial charge >= 0.3 is 0 Å². The SMILES string of the molecule is Cc1nn(C)cc1-n1c(CCl)nc2cc(Br)ccc21. The molecule has 0 N–H and O–H groups in total. The fourth-order valence-electron chi connectivity index (χ4n) is 2.27. The van der Waals surface area contributed by atoms with Gasteiger partial charge < -0.3 is 0 Å². The van der Waals surface area contributed by atoms with E-state index in [2.05, 4.69) is 30.6 Å². The van der Waals surface area contributed by atoms with Crippen LogP contribution in [0.1, 0.15) is 11.5 Å². The molecule has 6 heteroatoms. The second-order valence-electron chi connectivity index (χ2n) is 4.40. The summed E-state index contributed by atoms with van der Waals surface area (Å²) in [4.78, 5) is 4.58. The topological polar surface area (TPSA) is 35.6 Å². The van der Waals surface area contributed by atoms with E-state index in [1.165, 1.54) is 0 Å². The average molecular weight is 340 g/mol. The lowest BCUT2D eigenvalue weighted by molar-refractivity contribution is 0.756. The van der Waals surface area contributed by atoms with E-state index >= 15 is 0 Å². The number of hydrogen-bond acceptors (Lipinski definition) is 2. The lowest BCUT2D eigenvalue weighted by atomic mass is 10.3. The predicted molar refractivity (Wildman–Crippen MR) is 79.8 cm³/mol. The maximum absolute atomic E-state index is 6.03. The first-order valence-corrected chi connectivity index (χ1v) is 7.16. The van der Waals surface area contributed by atoms with Crippen molar-refractivity contribution < 1.29 is 0 Å². The fraction of sp³-hybridized carbons (Fsp3) is 0.231. The van der Waals surface area contributed by atoms with Crippen molar-refractivity contribution in [1.82, 2.24) is 19.3 Å². The number of imidazole rings is 1. The molecule has 3 rings (SSSR count). The summed E-state index contributed by atoms with van der Waals surface area (Å²) in [5.41, 5.74) is 3.93. The molecule has 0 amide bonds. The maximum atomic E-state index is 6.03. The molecule has 2 aromatic heterocycles. The molecule has 0 radical (unpaired) electrons. The van der Waals surface area contributed by atoms with E-state index in [-0.39, 0.29) is 0 Å². The Hall–Kier alpha value is -1.33. The average Bonchev–Trinajstić information content (AvgIpc) is 2.88. The van der Waals surface area contributed by atoms with Crippen LogP contribution in [0.3, 0.4) is 0 Å². The van der Waals surface area contributed by atoms with Crippen molar-refractivity contribution in [1.29, 1.82) is 0 Å². The van der Waals surface area contributed by atoms with E-state index in [0.29, 0.717) is 5.88 Å². The number of aryl methyl sites for hydroxylation is 2. The van der Waals surface area contributed by atoms with Gasteiger partial charge in [0.1, 0.15) is 5.82 Å². The van der Waals surface area contributed by atoms with Crippen LogP contribution in [0.4, 0.5) is 0 Å². The van der Waals surface area contributed by atoms with Gasteiger partial charge in [-0.25, -0.2) is 4.98 Å². The zero-order chi connectivity index (χ0) is 13.6. The van der Waals surface area contributed by atoms with Gasteiger partial charge in [0.05, 0.1) is 28.3 Å². The van der Waals surface area contributed by atoms with Gasteiger partial charge in [-0.2, -0.15) is 5.10 Å². The van der Waals surface area contributed by atoms with Gasteiger partial charge in [-0.15, -0.1) is 11.6 Å². The Morgan fingerprint density at radius 3 is 2.79 bits per heavy atom. The Morgan fingerprint density at radius 1 is 1.37 bits per heavy atom. The fourth-order valence-corrected chi connectivity index (χ4v) is 2.80. The minimum Gasteiger partial charge on any atom is -0.292 e. The highest BCUT2D eigenvalue weighted by Crippen LogP contribution is 2.26. The largest absolute Gasteiger partial charge is 0.292 e. The van der Waals surface area contributed by atoms with E-state index in [1.54, 1.807) is 4.68 Å².